The number of rotatable bonds is 4. The van der Waals surface area contributed by atoms with Gasteiger partial charge in [-0.25, -0.2) is 14.4 Å². The van der Waals surface area contributed by atoms with Gasteiger partial charge in [0, 0.05) is 22.2 Å². The van der Waals surface area contributed by atoms with E-state index in [0.29, 0.717) is 11.4 Å². The fourth-order valence-corrected chi connectivity index (χ4v) is 4.98. The zero-order chi connectivity index (χ0) is 22.4. The minimum Gasteiger partial charge on any atom is -0.454 e. The van der Waals surface area contributed by atoms with Crippen LogP contribution in [0, 0.1) is 5.82 Å². The van der Waals surface area contributed by atoms with E-state index in [0.717, 1.165) is 44.4 Å². The van der Waals surface area contributed by atoms with Crippen molar-refractivity contribution >= 4 is 44.8 Å². The molecule has 0 spiro atoms. The fourth-order valence-electron chi connectivity index (χ4n) is 4.04. The van der Waals surface area contributed by atoms with Crippen molar-refractivity contribution in [2.24, 2.45) is 5.10 Å². The number of furan rings is 1. The zero-order valence-electron chi connectivity index (χ0n) is 17.3. The van der Waals surface area contributed by atoms with Crippen molar-refractivity contribution in [3.8, 4) is 11.5 Å². The Morgan fingerprint density at radius 3 is 2.58 bits per heavy atom. The van der Waals surface area contributed by atoms with Crippen LogP contribution in [0.1, 0.15) is 23.6 Å². The maximum Gasteiger partial charge on any atom is 0.207 e. The first-order valence-corrected chi connectivity index (χ1v) is 11.7. The van der Waals surface area contributed by atoms with Gasteiger partial charge in [-0.15, -0.1) is 11.3 Å². The third-order valence-electron chi connectivity index (χ3n) is 5.71. The van der Waals surface area contributed by atoms with E-state index < -0.39 is 0 Å². The van der Waals surface area contributed by atoms with Crippen molar-refractivity contribution in [3.05, 3.63) is 106 Å². The normalized spacial score (nSPS) is 15.9. The molecule has 3 heterocycles. The lowest BCUT2D eigenvalue weighted by atomic mass is 9.98. The van der Waals surface area contributed by atoms with E-state index in [1.165, 1.54) is 23.5 Å². The van der Waals surface area contributed by atoms with Crippen molar-refractivity contribution in [2.45, 2.75) is 12.5 Å². The minimum atomic E-state index is -0.261. The summed E-state index contributed by atoms with van der Waals surface area (Å²) in [7, 11) is 0. The molecule has 1 aliphatic heterocycles. The van der Waals surface area contributed by atoms with E-state index in [4.69, 9.17) is 26.1 Å². The third kappa shape index (κ3) is 3.81. The van der Waals surface area contributed by atoms with E-state index in [9.17, 15) is 4.39 Å². The number of hydrogen-bond acceptors (Lipinski definition) is 5. The number of thiazole rings is 1. The van der Waals surface area contributed by atoms with Crippen LogP contribution in [0.5, 0.6) is 0 Å². The van der Waals surface area contributed by atoms with Crippen LogP contribution in [-0.2, 0) is 0 Å². The molecule has 6 rings (SSSR count). The summed E-state index contributed by atoms with van der Waals surface area (Å²) in [5.41, 5.74) is 4.50. The van der Waals surface area contributed by atoms with Gasteiger partial charge in [0.15, 0.2) is 5.76 Å². The van der Waals surface area contributed by atoms with Crippen LogP contribution in [0.3, 0.4) is 0 Å². The van der Waals surface area contributed by atoms with Gasteiger partial charge >= 0.3 is 0 Å². The molecule has 0 amide bonds. The second-order valence-corrected chi connectivity index (χ2v) is 9.11. The van der Waals surface area contributed by atoms with Gasteiger partial charge in [0.2, 0.25) is 5.13 Å². The van der Waals surface area contributed by atoms with Crippen LogP contribution in [-0.4, -0.2) is 10.7 Å². The molecule has 0 unspecified atom stereocenters. The predicted octanol–water partition coefficient (Wildman–Crippen LogP) is 7.70. The number of nitrogens with zero attached hydrogens (tertiary/aromatic N) is 3. The highest BCUT2D eigenvalue weighted by Crippen LogP contribution is 2.40. The molecule has 33 heavy (non-hydrogen) atoms. The largest absolute Gasteiger partial charge is 0.454 e. The van der Waals surface area contributed by atoms with Gasteiger partial charge < -0.3 is 4.42 Å². The van der Waals surface area contributed by atoms with E-state index >= 15 is 0 Å². The molecule has 7 heteroatoms. The Balaban J connectivity index is 1.39. The number of hydrazone groups is 1. The molecule has 0 N–H and O–H groups in total. The molecule has 4 nitrogen and oxygen atoms in total. The maximum atomic E-state index is 13.6. The maximum absolute atomic E-state index is 13.6. The monoisotopic (exact) mass is 473 g/mol. The molecule has 1 atom stereocenters. The standard InChI is InChI=1S/C26H17ClFN3OS/c27-19-9-5-16(6-10-19)21-14-23(17-7-11-20(28)12-8-17)31(30-21)26-29-22(15-33-26)25-13-18-3-1-2-4-24(18)32-25/h1-13,15,23H,14H2/t23-/m0/s1. The van der Waals surface area contributed by atoms with Crippen molar-refractivity contribution < 1.29 is 8.81 Å². The molecular formula is C26H17ClFN3OS. The van der Waals surface area contributed by atoms with Gasteiger partial charge in [-0.2, -0.15) is 5.10 Å². The molecule has 0 radical (unpaired) electrons. The molecular weight excluding hydrogens is 457 g/mol. The molecule has 5 aromatic rings. The highest BCUT2D eigenvalue weighted by atomic mass is 35.5. The van der Waals surface area contributed by atoms with Gasteiger partial charge in [-0.1, -0.05) is 54.1 Å². The number of halogens is 2. The number of aromatic nitrogens is 1. The summed E-state index contributed by atoms with van der Waals surface area (Å²) in [6.45, 7) is 0. The molecule has 0 fully saturated rings. The lowest BCUT2D eigenvalue weighted by Crippen LogP contribution is -2.18. The summed E-state index contributed by atoms with van der Waals surface area (Å²) in [5.74, 6) is 0.460. The number of benzene rings is 3. The highest BCUT2D eigenvalue weighted by Gasteiger charge is 2.32. The van der Waals surface area contributed by atoms with Gasteiger partial charge in [0.25, 0.3) is 0 Å². The quantitative estimate of drug-likeness (QED) is 0.268. The SMILES string of the molecule is Fc1ccc([C@@H]2CC(c3ccc(Cl)cc3)=NN2c2nc(-c3cc4ccccc4o3)cs2)cc1. The van der Waals surface area contributed by atoms with Crippen molar-refractivity contribution in [1.82, 2.24) is 4.98 Å². The average molecular weight is 474 g/mol. The number of para-hydroxylation sites is 1. The van der Waals surface area contributed by atoms with Crippen LogP contribution in [0.2, 0.25) is 5.02 Å². The fraction of sp³-hybridized carbons (Fsp3) is 0.0769. The van der Waals surface area contributed by atoms with Crippen molar-refractivity contribution in [1.29, 1.82) is 0 Å². The van der Waals surface area contributed by atoms with Gasteiger partial charge in [0.05, 0.1) is 11.8 Å². The average Bonchev–Trinajstić information content (AvgIpc) is 3.57. The van der Waals surface area contributed by atoms with Crippen molar-refractivity contribution in [2.75, 3.05) is 5.01 Å². The lowest BCUT2D eigenvalue weighted by molar-refractivity contribution is 0.623. The van der Waals surface area contributed by atoms with Gasteiger partial charge in [-0.05, 0) is 47.5 Å². The molecule has 0 aliphatic carbocycles. The predicted molar refractivity (Wildman–Crippen MR) is 132 cm³/mol. The highest BCUT2D eigenvalue weighted by molar-refractivity contribution is 7.14. The van der Waals surface area contributed by atoms with E-state index in [-0.39, 0.29) is 11.9 Å². The van der Waals surface area contributed by atoms with Crippen LogP contribution in [0.25, 0.3) is 22.4 Å². The summed E-state index contributed by atoms with van der Waals surface area (Å²) in [6, 6.07) is 24.0. The number of fused-ring (bicyclic) bond motifs is 1. The summed E-state index contributed by atoms with van der Waals surface area (Å²) in [4.78, 5) is 4.84. The van der Waals surface area contributed by atoms with E-state index in [1.54, 1.807) is 12.1 Å². The Labute approximate surface area is 198 Å². The first-order chi connectivity index (χ1) is 16.1. The topological polar surface area (TPSA) is 41.6 Å². The molecule has 0 saturated heterocycles. The Bertz CT molecular complexity index is 1440. The van der Waals surface area contributed by atoms with Crippen LogP contribution in [0.15, 0.2) is 93.8 Å². The minimum absolute atomic E-state index is 0.0917. The Hall–Kier alpha value is -3.48. The lowest BCUT2D eigenvalue weighted by Gasteiger charge is -2.21. The van der Waals surface area contributed by atoms with E-state index in [2.05, 4.69) is 0 Å². The van der Waals surface area contributed by atoms with Crippen LogP contribution < -0.4 is 5.01 Å². The molecule has 0 saturated carbocycles. The Morgan fingerprint density at radius 2 is 1.79 bits per heavy atom. The Kier molecular flexibility index (Phi) is 4.97. The van der Waals surface area contributed by atoms with Crippen LogP contribution in [0.4, 0.5) is 9.52 Å². The Morgan fingerprint density at radius 1 is 1.00 bits per heavy atom. The zero-order valence-corrected chi connectivity index (χ0v) is 18.9. The first kappa shape index (κ1) is 20.1. The van der Waals surface area contributed by atoms with Crippen molar-refractivity contribution in [3.63, 3.8) is 0 Å². The van der Waals surface area contributed by atoms with Gasteiger partial charge in [-0.3, -0.25) is 0 Å². The molecule has 1 aliphatic rings. The second-order valence-electron chi connectivity index (χ2n) is 7.83. The summed E-state index contributed by atoms with van der Waals surface area (Å²) in [5, 5.41) is 11.3. The second kappa shape index (κ2) is 8.14. The van der Waals surface area contributed by atoms with E-state index in [1.807, 2.05) is 65.0 Å². The summed E-state index contributed by atoms with van der Waals surface area (Å²) < 4.78 is 19.6. The van der Waals surface area contributed by atoms with Gasteiger partial charge in [0.1, 0.15) is 17.1 Å². The smallest absolute Gasteiger partial charge is 0.207 e. The molecule has 3 aromatic carbocycles. The number of anilines is 1. The molecule has 2 aromatic heterocycles. The molecule has 0 bridgehead atoms. The third-order valence-corrected chi connectivity index (χ3v) is 6.79. The molecule has 162 valence electrons. The summed E-state index contributed by atoms with van der Waals surface area (Å²) in [6.07, 6.45) is 0.673. The van der Waals surface area contributed by atoms with Crippen LogP contribution >= 0.6 is 22.9 Å². The number of hydrogen-bond donors (Lipinski definition) is 0. The first-order valence-electron chi connectivity index (χ1n) is 10.5. The summed E-state index contributed by atoms with van der Waals surface area (Å²) >= 11 is 7.57.